The summed E-state index contributed by atoms with van der Waals surface area (Å²) in [5, 5.41) is 20.2. The van der Waals surface area contributed by atoms with Crippen LogP contribution in [0.2, 0.25) is 0 Å². The van der Waals surface area contributed by atoms with E-state index in [-0.39, 0.29) is 17.6 Å². The number of rotatable bonds is 7. The third-order valence-corrected chi connectivity index (χ3v) is 5.94. The van der Waals surface area contributed by atoms with E-state index in [4.69, 9.17) is 19.8 Å². The summed E-state index contributed by atoms with van der Waals surface area (Å²) >= 11 is 0. The minimum atomic E-state index is -0.991. The Morgan fingerprint density at radius 1 is 1.03 bits per heavy atom. The van der Waals surface area contributed by atoms with Crippen LogP contribution in [0.25, 0.3) is 0 Å². The van der Waals surface area contributed by atoms with Crippen molar-refractivity contribution in [2.24, 2.45) is 0 Å². The Morgan fingerprint density at radius 3 is 2.21 bits per heavy atom. The first-order valence-corrected chi connectivity index (χ1v) is 10.8. The molecule has 1 aliphatic rings. The second kappa shape index (κ2) is 9.21. The highest BCUT2D eigenvalue weighted by molar-refractivity contribution is 5.65. The highest BCUT2D eigenvalue weighted by Crippen LogP contribution is 2.34. The van der Waals surface area contributed by atoms with Crippen molar-refractivity contribution >= 4 is 6.09 Å². The lowest BCUT2D eigenvalue weighted by Gasteiger charge is -2.35. The SMILES string of the molecule is CC(C)(c1ccc(Oc2cccc(C#N)n2)cc1)c1ccc(O[C@H]2C[C@H](NC(=O)O)C2)cc1. The van der Waals surface area contributed by atoms with Crippen LogP contribution in [0.1, 0.15) is 43.5 Å². The highest BCUT2D eigenvalue weighted by atomic mass is 16.5. The summed E-state index contributed by atoms with van der Waals surface area (Å²) in [6, 6.07) is 22.9. The summed E-state index contributed by atoms with van der Waals surface area (Å²) < 4.78 is 11.7. The first kappa shape index (κ1) is 22.2. The molecule has 1 aromatic heterocycles. The van der Waals surface area contributed by atoms with Gasteiger partial charge in [-0.25, -0.2) is 9.78 Å². The Bertz CT molecular complexity index is 1160. The normalized spacial score (nSPS) is 17.4. The molecule has 0 radical (unpaired) electrons. The lowest BCUT2D eigenvalue weighted by Crippen LogP contribution is -2.48. The molecular weight excluding hydrogens is 418 g/mol. The summed E-state index contributed by atoms with van der Waals surface area (Å²) in [4.78, 5) is 14.8. The molecule has 0 saturated heterocycles. The Labute approximate surface area is 192 Å². The number of hydrogen-bond acceptors (Lipinski definition) is 5. The predicted molar refractivity (Wildman–Crippen MR) is 123 cm³/mol. The molecule has 1 fully saturated rings. The Kier molecular flexibility index (Phi) is 6.18. The molecule has 1 amide bonds. The van der Waals surface area contributed by atoms with Crippen LogP contribution in [0.5, 0.6) is 17.4 Å². The maximum Gasteiger partial charge on any atom is 0.404 e. The van der Waals surface area contributed by atoms with Crippen molar-refractivity contribution in [2.75, 3.05) is 0 Å². The fraction of sp³-hybridized carbons (Fsp3) is 0.269. The van der Waals surface area contributed by atoms with E-state index < -0.39 is 6.09 Å². The van der Waals surface area contributed by atoms with Crippen LogP contribution in [0, 0.1) is 11.3 Å². The van der Waals surface area contributed by atoms with Crippen molar-refractivity contribution in [3.63, 3.8) is 0 Å². The van der Waals surface area contributed by atoms with Gasteiger partial charge in [0.2, 0.25) is 5.88 Å². The molecule has 0 spiro atoms. The number of carboxylic acid groups (broad SMARTS) is 1. The predicted octanol–water partition coefficient (Wildman–Crippen LogP) is 5.25. The highest BCUT2D eigenvalue weighted by Gasteiger charge is 2.32. The van der Waals surface area contributed by atoms with E-state index in [1.54, 1.807) is 18.2 Å². The molecule has 168 valence electrons. The van der Waals surface area contributed by atoms with E-state index in [9.17, 15) is 4.79 Å². The van der Waals surface area contributed by atoms with Crippen LogP contribution >= 0.6 is 0 Å². The van der Waals surface area contributed by atoms with Crippen molar-refractivity contribution in [3.8, 4) is 23.4 Å². The number of nitriles is 1. The molecule has 0 aliphatic heterocycles. The third-order valence-electron chi connectivity index (χ3n) is 5.94. The topological polar surface area (TPSA) is 104 Å². The minimum Gasteiger partial charge on any atom is -0.490 e. The molecule has 1 heterocycles. The number of ether oxygens (including phenoxy) is 2. The third kappa shape index (κ3) is 5.24. The number of pyridine rings is 1. The van der Waals surface area contributed by atoms with Crippen molar-refractivity contribution in [1.82, 2.24) is 10.3 Å². The summed E-state index contributed by atoms with van der Waals surface area (Å²) in [5.74, 6) is 1.81. The molecular formula is C26H25N3O4. The minimum absolute atomic E-state index is 0.0243. The molecule has 2 aromatic carbocycles. The average molecular weight is 444 g/mol. The van der Waals surface area contributed by atoms with Gasteiger partial charge in [0.25, 0.3) is 0 Å². The van der Waals surface area contributed by atoms with E-state index in [2.05, 4.69) is 36.3 Å². The van der Waals surface area contributed by atoms with Gasteiger partial charge in [0, 0.05) is 30.4 Å². The van der Waals surface area contributed by atoms with Gasteiger partial charge in [-0.05, 0) is 41.5 Å². The van der Waals surface area contributed by atoms with E-state index >= 15 is 0 Å². The smallest absolute Gasteiger partial charge is 0.404 e. The van der Waals surface area contributed by atoms with Gasteiger partial charge in [0.15, 0.2) is 0 Å². The number of nitrogens with zero attached hydrogens (tertiary/aromatic N) is 2. The fourth-order valence-electron chi connectivity index (χ4n) is 3.86. The maximum absolute atomic E-state index is 10.7. The second-order valence-corrected chi connectivity index (χ2v) is 8.61. The van der Waals surface area contributed by atoms with E-state index in [1.807, 2.05) is 42.5 Å². The molecule has 1 aliphatic carbocycles. The van der Waals surface area contributed by atoms with Crippen LogP contribution in [0.4, 0.5) is 4.79 Å². The standard InChI is InChI=1S/C26H25N3O4/c1-26(2,17-6-10-21(11-7-17)32-23-14-20(15-23)29-25(30)31)18-8-12-22(13-9-18)33-24-5-3-4-19(16-27)28-24/h3-13,20,23,29H,14-15H2,1-2H3,(H,30,31)/t20-,23-. The molecule has 4 rings (SSSR count). The van der Waals surface area contributed by atoms with E-state index in [0.29, 0.717) is 30.2 Å². The first-order valence-electron chi connectivity index (χ1n) is 10.8. The Morgan fingerprint density at radius 2 is 1.64 bits per heavy atom. The zero-order valence-corrected chi connectivity index (χ0v) is 18.5. The number of carbonyl (C=O) groups is 1. The molecule has 1 saturated carbocycles. The van der Waals surface area contributed by atoms with Gasteiger partial charge in [0.1, 0.15) is 29.4 Å². The molecule has 33 heavy (non-hydrogen) atoms. The van der Waals surface area contributed by atoms with Gasteiger partial charge in [-0.15, -0.1) is 0 Å². The number of amides is 1. The van der Waals surface area contributed by atoms with Gasteiger partial charge < -0.3 is 19.9 Å². The van der Waals surface area contributed by atoms with Gasteiger partial charge >= 0.3 is 6.09 Å². The molecule has 7 heteroatoms. The number of hydrogen-bond donors (Lipinski definition) is 2. The largest absolute Gasteiger partial charge is 0.490 e. The van der Waals surface area contributed by atoms with Crippen LogP contribution in [0.3, 0.4) is 0 Å². The average Bonchev–Trinajstić information content (AvgIpc) is 2.78. The van der Waals surface area contributed by atoms with Crippen LogP contribution in [-0.4, -0.2) is 28.3 Å². The molecule has 0 bridgehead atoms. The Balaban J connectivity index is 1.38. The first-order chi connectivity index (χ1) is 15.8. The van der Waals surface area contributed by atoms with Crippen LogP contribution in [-0.2, 0) is 5.41 Å². The Hall–Kier alpha value is -4.05. The van der Waals surface area contributed by atoms with Crippen molar-refractivity contribution in [3.05, 3.63) is 83.6 Å². The summed E-state index contributed by atoms with van der Waals surface area (Å²) in [6.07, 6.45) is 0.417. The summed E-state index contributed by atoms with van der Waals surface area (Å²) in [6.45, 7) is 4.32. The van der Waals surface area contributed by atoms with Gasteiger partial charge in [-0.1, -0.05) is 44.2 Å². The van der Waals surface area contributed by atoms with Gasteiger partial charge in [-0.3, -0.25) is 0 Å². The maximum atomic E-state index is 10.7. The molecule has 7 nitrogen and oxygen atoms in total. The second-order valence-electron chi connectivity index (χ2n) is 8.61. The molecule has 3 aromatic rings. The van der Waals surface area contributed by atoms with Gasteiger partial charge in [-0.2, -0.15) is 5.26 Å². The zero-order chi connectivity index (χ0) is 23.4. The molecule has 0 atom stereocenters. The fourth-order valence-corrected chi connectivity index (χ4v) is 3.86. The number of benzene rings is 2. The quantitative estimate of drug-likeness (QED) is 0.517. The van der Waals surface area contributed by atoms with Crippen molar-refractivity contribution in [2.45, 2.75) is 44.2 Å². The summed E-state index contributed by atoms with van der Waals surface area (Å²) in [7, 11) is 0. The lowest BCUT2D eigenvalue weighted by molar-refractivity contribution is 0.0833. The molecule has 2 N–H and O–H groups in total. The van der Waals surface area contributed by atoms with Gasteiger partial charge in [0.05, 0.1) is 0 Å². The number of nitrogens with one attached hydrogen (secondary N) is 1. The number of aromatic nitrogens is 1. The summed E-state index contributed by atoms with van der Waals surface area (Å²) in [5.41, 5.74) is 2.35. The van der Waals surface area contributed by atoms with E-state index in [1.165, 1.54) is 0 Å². The van der Waals surface area contributed by atoms with E-state index in [0.717, 1.165) is 16.9 Å². The van der Waals surface area contributed by atoms with Crippen LogP contribution in [0.15, 0.2) is 66.7 Å². The molecule has 0 unspecified atom stereocenters. The zero-order valence-electron chi connectivity index (χ0n) is 18.5. The van der Waals surface area contributed by atoms with Crippen molar-refractivity contribution in [1.29, 1.82) is 5.26 Å². The van der Waals surface area contributed by atoms with Crippen LogP contribution < -0.4 is 14.8 Å². The van der Waals surface area contributed by atoms with Crippen molar-refractivity contribution < 1.29 is 19.4 Å². The lowest BCUT2D eigenvalue weighted by atomic mass is 9.78. The monoisotopic (exact) mass is 443 g/mol.